The molecule has 0 fully saturated rings. The fourth-order valence-electron chi connectivity index (χ4n) is 0. The largest absolute Gasteiger partial charge is 0.333 e. The van der Waals surface area contributed by atoms with Crippen LogP contribution in [0.4, 0.5) is 0 Å². The highest BCUT2D eigenvalue weighted by atomic mass is 16.1. The smallest absolute Gasteiger partial charge is 0.122 e. The lowest BCUT2D eigenvalue weighted by molar-refractivity contribution is -0.110. The zero-order valence-electron chi connectivity index (χ0n) is 5.14. The van der Waals surface area contributed by atoms with E-state index in [0.717, 1.165) is 6.29 Å². The molecule has 0 rings (SSSR count). The van der Waals surface area contributed by atoms with Gasteiger partial charge in [0.1, 0.15) is 6.29 Å². The summed E-state index contributed by atoms with van der Waals surface area (Å²) in [6.45, 7) is 3.71. The van der Waals surface area contributed by atoms with Gasteiger partial charge in [0, 0.05) is 5.92 Å². The Morgan fingerprint density at radius 1 is 1.43 bits per heavy atom. The molecule has 7 heavy (non-hydrogen) atoms. The third-order valence-electron chi connectivity index (χ3n) is 0.272. The van der Waals surface area contributed by atoms with E-state index in [1.54, 1.807) is 0 Å². The number of rotatable bonds is 1. The molecule has 44 valence electrons. The SMILES string of the molecule is CC(C)C=O.CN. The number of hydrogen-bond donors (Lipinski definition) is 1. The van der Waals surface area contributed by atoms with Crippen molar-refractivity contribution < 1.29 is 4.79 Å². The molecule has 2 N–H and O–H groups in total. The number of hydrogen-bond acceptors (Lipinski definition) is 2. The zero-order chi connectivity index (χ0) is 6.28. The Hall–Kier alpha value is -0.370. The first kappa shape index (κ1) is 9.80. The first-order chi connectivity index (χ1) is 3.27. The molecule has 0 aromatic heterocycles. The molecule has 0 aliphatic rings. The van der Waals surface area contributed by atoms with Crippen LogP contribution in [-0.2, 0) is 4.79 Å². The van der Waals surface area contributed by atoms with Crippen molar-refractivity contribution in [1.29, 1.82) is 0 Å². The molecule has 0 radical (unpaired) electrons. The normalized spacial score (nSPS) is 7.00. The van der Waals surface area contributed by atoms with Crippen LogP contribution in [0.2, 0.25) is 0 Å². The van der Waals surface area contributed by atoms with Gasteiger partial charge < -0.3 is 10.5 Å². The molecule has 0 aromatic carbocycles. The molecule has 0 spiro atoms. The standard InChI is InChI=1S/C4H8O.CH5N/c1-4(2)3-5;1-2/h3-4H,1-2H3;2H2,1H3. The molecule has 0 saturated carbocycles. The van der Waals surface area contributed by atoms with E-state index in [4.69, 9.17) is 0 Å². The van der Waals surface area contributed by atoms with E-state index in [0.29, 0.717) is 0 Å². The van der Waals surface area contributed by atoms with Gasteiger partial charge in [0.05, 0.1) is 0 Å². The fourth-order valence-corrected chi connectivity index (χ4v) is 0. The van der Waals surface area contributed by atoms with Gasteiger partial charge in [-0.05, 0) is 7.05 Å². The van der Waals surface area contributed by atoms with Crippen LogP contribution >= 0.6 is 0 Å². The Balaban J connectivity index is 0. The first-order valence-electron chi connectivity index (χ1n) is 2.30. The van der Waals surface area contributed by atoms with Crippen molar-refractivity contribution >= 4 is 6.29 Å². The lowest BCUT2D eigenvalue weighted by Gasteiger charge is -1.78. The summed E-state index contributed by atoms with van der Waals surface area (Å²) in [6, 6.07) is 0. The van der Waals surface area contributed by atoms with Crippen molar-refractivity contribution in [3.8, 4) is 0 Å². The van der Waals surface area contributed by atoms with Crippen LogP contribution in [0, 0.1) is 5.92 Å². The van der Waals surface area contributed by atoms with Crippen molar-refractivity contribution in [2.45, 2.75) is 13.8 Å². The fraction of sp³-hybridized carbons (Fsp3) is 0.800. The highest BCUT2D eigenvalue weighted by Gasteiger charge is 1.79. The average Bonchev–Trinajstić information content (AvgIpc) is 1.73. The van der Waals surface area contributed by atoms with Crippen molar-refractivity contribution in [3.63, 3.8) is 0 Å². The Labute approximate surface area is 44.7 Å². The molecule has 2 heteroatoms. The summed E-state index contributed by atoms with van der Waals surface area (Å²) >= 11 is 0. The molecular formula is C5H13NO. The van der Waals surface area contributed by atoms with Gasteiger partial charge in [-0.15, -0.1) is 0 Å². The van der Waals surface area contributed by atoms with Crippen LogP contribution in [0.5, 0.6) is 0 Å². The van der Waals surface area contributed by atoms with Gasteiger partial charge in [-0.25, -0.2) is 0 Å². The highest BCUT2D eigenvalue weighted by molar-refractivity contribution is 5.51. The Kier molecular flexibility index (Phi) is 12.8. The Bertz CT molecular complexity index is 35.1. The van der Waals surface area contributed by atoms with Crippen LogP contribution in [0.3, 0.4) is 0 Å². The molecule has 0 atom stereocenters. The number of aldehydes is 1. The van der Waals surface area contributed by atoms with Gasteiger partial charge in [-0.3, -0.25) is 0 Å². The van der Waals surface area contributed by atoms with Crippen LogP contribution in [0.25, 0.3) is 0 Å². The molecule has 0 aliphatic carbocycles. The monoisotopic (exact) mass is 103 g/mol. The predicted molar refractivity (Wildman–Crippen MR) is 31.0 cm³/mol. The van der Waals surface area contributed by atoms with Crippen LogP contribution in [-0.4, -0.2) is 13.3 Å². The quantitative estimate of drug-likeness (QED) is 0.489. The highest BCUT2D eigenvalue weighted by Crippen LogP contribution is 1.78. The number of nitrogens with two attached hydrogens (primary N) is 1. The minimum absolute atomic E-state index is 0.204. The van der Waals surface area contributed by atoms with E-state index < -0.39 is 0 Å². The molecule has 0 aromatic rings. The summed E-state index contributed by atoms with van der Waals surface area (Å²) in [7, 11) is 1.50. The van der Waals surface area contributed by atoms with Crippen molar-refractivity contribution in [2.75, 3.05) is 7.05 Å². The van der Waals surface area contributed by atoms with Crippen molar-refractivity contribution in [3.05, 3.63) is 0 Å². The van der Waals surface area contributed by atoms with Gasteiger partial charge in [0.2, 0.25) is 0 Å². The van der Waals surface area contributed by atoms with Crippen molar-refractivity contribution in [1.82, 2.24) is 0 Å². The van der Waals surface area contributed by atoms with Crippen LogP contribution in [0.15, 0.2) is 0 Å². The second kappa shape index (κ2) is 9.16. The maximum atomic E-state index is 9.50. The maximum Gasteiger partial charge on any atom is 0.122 e. The second-order valence-electron chi connectivity index (χ2n) is 1.38. The van der Waals surface area contributed by atoms with E-state index in [-0.39, 0.29) is 5.92 Å². The summed E-state index contributed by atoms with van der Waals surface area (Å²) < 4.78 is 0. The summed E-state index contributed by atoms with van der Waals surface area (Å²) in [5, 5.41) is 0. The molecule has 0 unspecified atom stereocenters. The Morgan fingerprint density at radius 2 is 1.57 bits per heavy atom. The summed E-state index contributed by atoms with van der Waals surface area (Å²) in [5.41, 5.74) is 4.50. The van der Waals surface area contributed by atoms with E-state index in [9.17, 15) is 4.79 Å². The summed E-state index contributed by atoms with van der Waals surface area (Å²) in [6.07, 6.45) is 0.917. The molecule has 0 saturated heterocycles. The molecule has 0 aliphatic heterocycles. The van der Waals surface area contributed by atoms with Gasteiger partial charge >= 0.3 is 0 Å². The van der Waals surface area contributed by atoms with Gasteiger partial charge in [-0.1, -0.05) is 13.8 Å². The Morgan fingerprint density at radius 3 is 1.57 bits per heavy atom. The first-order valence-corrected chi connectivity index (χ1v) is 2.30. The van der Waals surface area contributed by atoms with Crippen LogP contribution in [0.1, 0.15) is 13.8 Å². The lowest BCUT2D eigenvalue weighted by Crippen LogP contribution is -1.82. The molecule has 2 nitrogen and oxygen atoms in total. The third-order valence-corrected chi connectivity index (χ3v) is 0.272. The topological polar surface area (TPSA) is 43.1 Å². The van der Waals surface area contributed by atoms with Crippen molar-refractivity contribution in [2.24, 2.45) is 11.7 Å². The average molecular weight is 103 g/mol. The van der Waals surface area contributed by atoms with Crippen LogP contribution < -0.4 is 5.73 Å². The molecule has 0 bridgehead atoms. The minimum atomic E-state index is 0.204. The molecular weight excluding hydrogens is 90.1 g/mol. The summed E-state index contributed by atoms with van der Waals surface area (Å²) in [5.74, 6) is 0.204. The number of carbonyl (C=O) groups excluding carboxylic acids is 1. The van der Waals surface area contributed by atoms with E-state index in [2.05, 4.69) is 5.73 Å². The van der Waals surface area contributed by atoms with Gasteiger partial charge in [0.15, 0.2) is 0 Å². The minimum Gasteiger partial charge on any atom is -0.333 e. The van der Waals surface area contributed by atoms with E-state index in [1.807, 2.05) is 13.8 Å². The second-order valence-corrected chi connectivity index (χ2v) is 1.38. The third kappa shape index (κ3) is 27.9. The van der Waals surface area contributed by atoms with E-state index in [1.165, 1.54) is 7.05 Å². The molecule has 0 heterocycles. The molecule has 0 amide bonds. The predicted octanol–water partition coefficient (Wildman–Crippen LogP) is 0.416. The maximum absolute atomic E-state index is 9.50. The van der Waals surface area contributed by atoms with Gasteiger partial charge in [-0.2, -0.15) is 0 Å². The lowest BCUT2D eigenvalue weighted by atomic mass is 10.3. The zero-order valence-corrected chi connectivity index (χ0v) is 5.14. The van der Waals surface area contributed by atoms with Gasteiger partial charge in [0.25, 0.3) is 0 Å². The number of carbonyl (C=O) groups is 1. The summed E-state index contributed by atoms with van der Waals surface area (Å²) in [4.78, 5) is 9.50. The van der Waals surface area contributed by atoms with E-state index >= 15 is 0 Å².